The Morgan fingerprint density at radius 2 is 1.47 bits per heavy atom. The number of nitrogens with two attached hydrogens (primary N) is 3. The SMILES string of the molecule is CCC(C)C(NC(=O)C(CC(=O)O)NC(=O)C(N)CC(C)C)C(=O)NC(CCCN=C(N)N)C(=O)O. The van der Waals surface area contributed by atoms with E-state index in [4.69, 9.17) is 17.2 Å². The number of guanidine groups is 1. The average molecular weight is 516 g/mol. The van der Waals surface area contributed by atoms with Gasteiger partial charge in [0.1, 0.15) is 18.1 Å². The average Bonchev–Trinajstić information content (AvgIpc) is 2.76. The predicted molar refractivity (Wildman–Crippen MR) is 132 cm³/mol. The molecule has 0 heterocycles. The molecule has 5 atom stereocenters. The molecule has 0 aliphatic rings. The third-order valence-electron chi connectivity index (χ3n) is 5.43. The van der Waals surface area contributed by atoms with Gasteiger partial charge in [-0.25, -0.2) is 4.79 Å². The minimum absolute atomic E-state index is 0.0322. The summed E-state index contributed by atoms with van der Waals surface area (Å²) in [5.41, 5.74) is 16.3. The fraction of sp³-hybridized carbons (Fsp3) is 0.727. The number of nitrogens with one attached hydrogen (secondary N) is 3. The maximum atomic E-state index is 13.0. The molecular weight excluding hydrogens is 474 g/mol. The molecular formula is C22H41N7O7. The van der Waals surface area contributed by atoms with Crippen LogP contribution in [-0.4, -0.2) is 76.5 Å². The molecule has 0 saturated heterocycles. The van der Waals surface area contributed by atoms with Crippen molar-refractivity contribution in [1.82, 2.24) is 16.0 Å². The molecule has 0 rings (SSSR count). The highest BCUT2D eigenvalue weighted by Gasteiger charge is 2.33. The second-order valence-electron chi connectivity index (χ2n) is 9.12. The lowest BCUT2D eigenvalue weighted by Gasteiger charge is -2.28. The molecule has 0 fully saturated rings. The summed E-state index contributed by atoms with van der Waals surface area (Å²) in [6.45, 7) is 7.32. The molecule has 14 heteroatoms. The van der Waals surface area contributed by atoms with Gasteiger partial charge in [0.15, 0.2) is 5.96 Å². The van der Waals surface area contributed by atoms with E-state index >= 15 is 0 Å². The number of carboxylic acid groups (broad SMARTS) is 2. The van der Waals surface area contributed by atoms with Crippen molar-refractivity contribution in [3.8, 4) is 0 Å². The van der Waals surface area contributed by atoms with Gasteiger partial charge in [-0.2, -0.15) is 0 Å². The van der Waals surface area contributed by atoms with Crippen LogP contribution in [0.4, 0.5) is 0 Å². The number of carboxylic acids is 2. The molecule has 3 amide bonds. The number of hydrogen-bond donors (Lipinski definition) is 8. The van der Waals surface area contributed by atoms with Gasteiger partial charge in [0, 0.05) is 6.54 Å². The van der Waals surface area contributed by atoms with Crippen LogP contribution in [0.1, 0.15) is 59.8 Å². The number of carbonyl (C=O) groups is 5. The van der Waals surface area contributed by atoms with Crippen molar-refractivity contribution in [1.29, 1.82) is 0 Å². The summed E-state index contributed by atoms with van der Waals surface area (Å²) in [5, 5.41) is 25.9. The molecule has 0 bridgehead atoms. The third kappa shape index (κ3) is 12.9. The van der Waals surface area contributed by atoms with Crippen molar-refractivity contribution in [3.63, 3.8) is 0 Å². The second kappa shape index (κ2) is 16.3. The van der Waals surface area contributed by atoms with E-state index < -0.39 is 66.2 Å². The fourth-order valence-electron chi connectivity index (χ4n) is 3.26. The van der Waals surface area contributed by atoms with Crippen LogP contribution in [0.5, 0.6) is 0 Å². The number of aliphatic imine (C=N–C) groups is 1. The minimum Gasteiger partial charge on any atom is -0.481 e. The van der Waals surface area contributed by atoms with Crippen LogP contribution >= 0.6 is 0 Å². The van der Waals surface area contributed by atoms with E-state index in [-0.39, 0.29) is 31.3 Å². The topological polar surface area (TPSA) is 252 Å². The van der Waals surface area contributed by atoms with Crippen LogP contribution in [0.3, 0.4) is 0 Å². The molecule has 5 unspecified atom stereocenters. The largest absolute Gasteiger partial charge is 0.481 e. The first-order valence-electron chi connectivity index (χ1n) is 11.9. The van der Waals surface area contributed by atoms with E-state index in [2.05, 4.69) is 20.9 Å². The zero-order chi connectivity index (χ0) is 28.0. The highest BCUT2D eigenvalue weighted by atomic mass is 16.4. The summed E-state index contributed by atoms with van der Waals surface area (Å²) in [6, 6.07) is -4.88. The van der Waals surface area contributed by atoms with Crippen LogP contribution in [0, 0.1) is 11.8 Å². The molecule has 206 valence electrons. The summed E-state index contributed by atoms with van der Waals surface area (Å²) in [6.07, 6.45) is 0.341. The van der Waals surface area contributed by atoms with Crippen LogP contribution < -0.4 is 33.2 Å². The number of carbonyl (C=O) groups excluding carboxylic acids is 3. The third-order valence-corrected chi connectivity index (χ3v) is 5.43. The van der Waals surface area contributed by atoms with E-state index in [1.54, 1.807) is 13.8 Å². The molecule has 0 aromatic carbocycles. The maximum absolute atomic E-state index is 13.0. The molecule has 11 N–H and O–H groups in total. The summed E-state index contributed by atoms with van der Waals surface area (Å²) < 4.78 is 0. The van der Waals surface area contributed by atoms with E-state index in [1.807, 2.05) is 13.8 Å². The Morgan fingerprint density at radius 3 is 1.94 bits per heavy atom. The number of aliphatic carboxylic acids is 2. The van der Waals surface area contributed by atoms with Crippen molar-refractivity contribution < 1.29 is 34.2 Å². The molecule has 0 aromatic rings. The van der Waals surface area contributed by atoms with Crippen molar-refractivity contribution in [2.24, 2.45) is 34.0 Å². The first-order chi connectivity index (χ1) is 16.7. The molecule has 0 saturated carbocycles. The Morgan fingerprint density at radius 1 is 0.889 bits per heavy atom. The van der Waals surface area contributed by atoms with Gasteiger partial charge in [-0.1, -0.05) is 34.1 Å². The lowest BCUT2D eigenvalue weighted by Crippen LogP contribution is -2.59. The fourth-order valence-corrected chi connectivity index (χ4v) is 3.26. The first kappa shape index (κ1) is 32.6. The van der Waals surface area contributed by atoms with Gasteiger partial charge >= 0.3 is 11.9 Å². The van der Waals surface area contributed by atoms with Crippen LogP contribution in [0.15, 0.2) is 4.99 Å². The summed E-state index contributed by atoms with van der Waals surface area (Å²) in [7, 11) is 0. The molecule has 36 heavy (non-hydrogen) atoms. The highest BCUT2D eigenvalue weighted by molar-refractivity contribution is 5.95. The Labute approximate surface area is 210 Å². The van der Waals surface area contributed by atoms with Gasteiger partial charge in [0.05, 0.1) is 12.5 Å². The van der Waals surface area contributed by atoms with E-state index in [0.717, 1.165) is 0 Å². The number of rotatable bonds is 17. The van der Waals surface area contributed by atoms with Gasteiger partial charge in [0.2, 0.25) is 17.7 Å². The lowest BCUT2D eigenvalue weighted by molar-refractivity contribution is -0.143. The molecule has 0 aromatic heterocycles. The summed E-state index contributed by atoms with van der Waals surface area (Å²) >= 11 is 0. The molecule has 0 aliphatic heterocycles. The lowest BCUT2D eigenvalue weighted by atomic mass is 9.97. The molecule has 14 nitrogen and oxygen atoms in total. The molecule has 0 aliphatic carbocycles. The van der Waals surface area contributed by atoms with E-state index in [0.29, 0.717) is 12.8 Å². The van der Waals surface area contributed by atoms with Crippen molar-refractivity contribution in [2.45, 2.75) is 84.0 Å². The van der Waals surface area contributed by atoms with Crippen LogP contribution in [-0.2, 0) is 24.0 Å². The first-order valence-corrected chi connectivity index (χ1v) is 11.9. The monoisotopic (exact) mass is 515 g/mol. The predicted octanol–water partition coefficient (Wildman–Crippen LogP) is -1.53. The summed E-state index contributed by atoms with van der Waals surface area (Å²) in [4.78, 5) is 65.0. The van der Waals surface area contributed by atoms with Crippen LogP contribution in [0.25, 0.3) is 0 Å². The Kier molecular flexibility index (Phi) is 14.7. The van der Waals surface area contributed by atoms with Gasteiger partial charge < -0.3 is 43.4 Å². The van der Waals surface area contributed by atoms with E-state index in [1.165, 1.54) is 0 Å². The van der Waals surface area contributed by atoms with Crippen molar-refractivity contribution in [3.05, 3.63) is 0 Å². The smallest absolute Gasteiger partial charge is 0.326 e. The van der Waals surface area contributed by atoms with Gasteiger partial charge in [-0.05, 0) is 31.1 Å². The van der Waals surface area contributed by atoms with Crippen molar-refractivity contribution >= 4 is 35.6 Å². The quantitative estimate of drug-likeness (QED) is 0.0630. The Hall–Kier alpha value is -3.42. The van der Waals surface area contributed by atoms with Crippen molar-refractivity contribution in [2.75, 3.05) is 6.54 Å². The maximum Gasteiger partial charge on any atom is 0.326 e. The number of amides is 3. The number of hydrogen-bond acceptors (Lipinski definition) is 7. The van der Waals surface area contributed by atoms with Crippen LogP contribution in [0.2, 0.25) is 0 Å². The van der Waals surface area contributed by atoms with E-state index in [9.17, 15) is 34.2 Å². The normalized spacial score (nSPS) is 15.1. The zero-order valence-corrected chi connectivity index (χ0v) is 21.3. The summed E-state index contributed by atoms with van der Waals surface area (Å²) in [5.74, 6) is -5.46. The zero-order valence-electron chi connectivity index (χ0n) is 21.3. The standard InChI is InChI=1S/C22H41N7O7/c1-5-12(4)17(20(34)27-14(21(35)36)7-6-8-26-22(24)25)29-19(33)15(10-16(30)31)28-18(32)13(23)9-11(2)3/h11-15,17H,5-10,23H2,1-4H3,(H,27,34)(H,28,32)(H,29,33)(H,30,31)(H,35,36)(H4,24,25,26). The van der Waals surface area contributed by atoms with Gasteiger partial charge in [-0.3, -0.25) is 24.2 Å². The molecule has 0 radical (unpaired) electrons. The highest BCUT2D eigenvalue weighted by Crippen LogP contribution is 2.11. The Bertz CT molecular complexity index is 800. The number of nitrogens with zero attached hydrogens (tertiary/aromatic N) is 1. The second-order valence-corrected chi connectivity index (χ2v) is 9.12. The van der Waals surface area contributed by atoms with Gasteiger partial charge in [0.25, 0.3) is 0 Å². The Balaban J connectivity index is 5.53. The molecule has 0 spiro atoms. The minimum atomic E-state index is -1.48. The van der Waals surface area contributed by atoms with Gasteiger partial charge in [-0.15, -0.1) is 0 Å².